The summed E-state index contributed by atoms with van der Waals surface area (Å²) in [6.45, 7) is 13.0. The van der Waals surface area contributed by atoms with E-state index in [0.717, 1.165) is 11.3 Å². The maximum atomic E-state index is 14.6. The molecule has 1 saturated carbocycles. The summed E-state index contributed by atoms with van der Waals surface area (Å²) in [5.74, 6) is -8.34. The Morgan fingerprint density at radius 1 is 0.895 bits per heavy atom. The topological polar surface area (TPSA) is 226 Å². The molecule has 3 aliphatic heterocycles. The van der Waals surface area contributed by atoms with Crippen LogP contribution < -0.4 is 5.32 Å². The van der Waals surface area contributed by atoms with E-state index in [1.165, 1.54) is 12.0 Å². The summed E-state index contributed by atoms with van der Waals surface area (Å²) in [7, 11) is 4.52. The first-order valence-electron chi connectivity index (χ1n) is 27.5. The number of nitrogens with zero attached hydrogens (tertiary/aromatic N) is 2. The Kier molecular flexibility index (Phi) is 24.2. The quantitative estimate of drug-likeness (QED) is 0.117. The molecular formula is C59H87N3O14. The summed E-state index contributed by atoms with van der Waals surface area (Å²) in [5.41, 5.74) is 2.08. The van der Waals surface area contributed by atoms with E-state index in [0.29, 0.717) is 82.7 Å². The summed E-state index contributed by atoms with van der Waals surface area (Å²) >= 11 is 0. The maximum absolute atomic E-state index is 14.6. The van der Waals surface area contributed by atoms with Crippen molar-refractivity contribution in [3.63, 3.8) is 0 Å². The number of carbonyl (C=O) groups is 6. The summed E-state index contributed by atoms with van der Waals surface area (Å²) in [4.78, 5) is 89.8. The number of esters is 1. The molecule has 1 aromatic rings. The van der Waals surface area contributed by atoms with Crippen molar-refractivity contribution in [3.05, 3.63) is 77.7 Å². The van der Waals surface area contributed by atoms with E-state index >= 15 is 0 Å². The van der Waals surface area contributed by atoms with Gasteiger partial charge in [0.1, 0.15) is 36.2 Å². The first-order valence-corrected chi connectivity index (χ1v) is 27.5. The molecule has 76 heavy (non-hydrogen) atoms. The molecule has 1 aliphatic carbocycles. The van der Waals surface area contributed by atoms with Crippen LogP contribution in [-0.2, 0) is 58.8 Å². The highest BCUT2D eigenvalue weighted by molar-refractivity contribution is 6.39. The summed E-state index contributed by atoms with van der Waals surface area (Å²) < 4.78 is 35.7. The van der Waals surface area contributed by atoms with E-state index in [1.54, 1.807) is 47.3 Å². The largest absolute Gasteiger partial charge is 0.460 e. The third kappa shape index (κ3) is 17.0. The van der Waals surface area contributed by atoms with Gasteiger partial charge >= 0.3 is 12.1 Å². The first-order chi connectivity index (χ1) is 36.2. The molecule has 2 amide bonds. The molecule has 17 heteroatoms. The number of rotatable bonds is 10. The molecule has 0 radical (unpaired) electrons. The highest BCUT2D eigenvalue weighted by atomic mass is 16.6. The van der Waals surface area contributed by atoms with Crippen LogP contribution in [0.1, 0.15) is 131 Å². The van der Waals surface area contributed by atoms with Gasteiger partial charge in [-0.3, -0.25) is 24.2 Å². The van der Waals surface area contributed by atoms with Crippen LogP contribution in [-0.4, -0.2) is 144 Å². The molecule has 1 unspecified atom stereocenters. The third-order valence-corrected chi connectivity index (χ3v) is 16.1. The number of pyridine rings is 1. The molecule has 1 aromatic heterocycles. The van der Waals surface area contributed by atoms with Gasteiger partial charge in [0.25, 0.3) is 11.7 Å². The van der Waals surface area contributed by atoms with E-state index in [9.17, 15) is 39.0 Å². The van der Waals surface area contributed by atoms with Crippen LogP contribution >= 0.6 is 0 Å². The first kappa shape index (κ1) is 61.9. The molecule has 17 nitrogen and oxygen atoms in total. The van der Waals surface area contributed by atoms with Crippen molar-refractivity contribution in [3.8, 4) is 0 Å². The lowest BCUT2D eigenvalue weighted by atomic mass is 9.78. The molecule has 4 aliphatic rings. The predicted molar refractivity (Wildman–Crippen MR) is 285 cm³/mol. The van der Waals surface area contributed by atoms with Gasteiger partial charge in [0.15, 0.2) is 5.78 Å². The number of Topliss-reactive ketones (excluding diaryl/α,β-unsaturated/α-hetero) is 3. The van der Waals surface area contributed by atoms with Gasteiger partial charge in [0.2, 0.25) is 5.79 Å². The van der Waals surface area contributed by atoms with Crippen LogP contribution in [0.3, 0.4) is 0 Å². The van der Waals surface area contributed by atoms with Crippen LogP contribution in [0.15, 0.2) is 72.0 Å². The zero-order valence-electron chi connectivity index (χ0n) is 46.7. The number of carbonyl (C=O) groups excluding carboxylic acids is 6. The van der Waals surface area contributed by atoms with E-state index in [-0.39, 0.29) is 42.8 Å². The highest BCUT2D eigenvalue weighted by Crippen LogP contribution is 2.38. The Balaban J connectivity index is 1.41. The van der Waals surface area contributed by atoms with Crippen molar-refractivity contribution >= 4 is 35.3 Å². The molecule has 5 rings (SSSR count). The number of ketones is 3. The predicted octanol–water partition coefficient (Wildman–Crippen LogP) is 7.55. The van der Waals surface area contributed by atoms with Crippen molar-refractivity contribution in [2.75, 3.05) is 34.4 Å². The second-order valence-electron chi connectivity index (χ2n) is 22.0. The fourth-order valence-electron chi connectivity index (χ4n) is 11.3. The van der Waals surface area contributed by atoms with Gasteiger partial charge in [-0.15, -0.1) is 0 Å². The molecule has 15 atom stereocenters. The Morgan fingerprint density at radius 2 is 1.66 bits per heavy atom. The number of methoxy groups -OCH3 is 3. The SMILES string of the molecule is CO[C@H]1C[C@@H]2CC[C@@H](C)[C@@](O)(O2)C(=O)C(=O)N2CCCC[C@H]2C(=O)O[C@H]([C@H](C)CC2CC[C@H](OC(=O)NCCc3ccccn3)[C@@H](OC)C2)CC(=O)[C@H](C)/C=C(\C)[C@@H](O)[C@@H](OC)C(=O)[C@H](C)C[C@H](C)/C=C/C=C/C=C/1C. The number of cyclic esters (lactones) is 1. The van der Waals surface area contributed by atoms with Crippen LogP contribution in [0.25, 0.3) is 0 Å². The zero-order chi connectivity index (χ0) is 55.7. The molecule has 2 saturated heterocycles. The van der Waals surface area contributed by atoms with Crippen molar-refractivity contribution in [1.29, 1.82) is 0 Å². The van der Waals surface area contributed by atoms with Gasteiger partial charge in [-0.2, -0.15) is 0 Å². The minimum Gasteiger partial charge on any atom is -0.460 e. The number of aromatic nitrogens is 1. The molecule has 0 aromatic carbocycles. The molecule has 0 spiro atoms. The van der Waals surface area contributed by atoms with Crippen molar-refractivity contribution in [2.45, 2.75) is 186 Å². The smallest absolute Gasteiger partial charge is 0.407 e. The average Bonchev–Trinajstić information content (AvgIpc) is 3.40. The lowest BCUT2D eigenvalue weighted by Crippen LogP contribution is -2.61. The molecule has 422 valence electrons. The number of nitrogens with one attached hydrogen (secondary N) is 1. The zero-order valence-corrected chi connectivity index (χ0v) is 46.7. The van der Waals surface area contributed by atoms with Gasteiger partial charge in [-0.1, -0.05) is 77.1 Å². The lowest BCUT2D eigenvalue weighted by molar-refractivity contribution is -0.265. The Hall–Kier alpha value is -4.91. The van der Waals surface area contributed by atoms with E-state index in [2.05, 4.69) is 10.3 Å². The molecule has 3 fully saturated rings. The molecule has 2 bridgehead atoms. The van der Waals surface area contributed by atoms with E-state index in [1.807, 2.05) is 76.3 Å². The van der Waals surface area contributed by atoms with Gasteiger partial charge in [0, 0.05) is 83.3 Å². The number of piperidine rings is 1. The summed E-state index contributed by atoms with van der Waals surface area (Å²) in [5, 5.41) is 26.4. The summed E-state index contributed by atoms with van der Waals surface area (Å²) in [6, 6.07) is 4.42. The number of aliphatic hydroxyl groups excluding tert-OH is 1. The minimum atomic E-state index is -2.46. The molecule has 3 N–H and O–H groups in total. The number of ether oxygens (including phenoxy) is 6. The standard InChI is InChI=1S/C59H87N3O14/c1-36-18-12-11-13-19-37(2)49(71-8)34-45-24-22-42(7)59(70,76-45)55(66)56(67)62-29-17-15-21-46(62)57(68)74-50(35-47(63)38(3)31-41(6)53(65)54(73-10)52(64)40(5)30-36)39(4)32-43-23-25-48(51(33-43)72-9)75-58(69)61-28-26-44-20-14-16-27-60-44/h11-14,16,18-20,27,31,36,38-40,42-43,45-46,48-51,53-54,65,70H,15,17,21-26,28-30,32-35H2,1-10H3,(H,61,69)/b13-11+,18-12+,37-19+,41-31+/t36-,38-,39-,40-,42-,43?,45+,46+,48+,49+,50+,51+,53-,54+,59-/m1/s1. The third-order valence-electron chi connectivity index (χ3n) is 16.1. The minimum absolute atomic E-state index is 0.00205. The second kappa shape index (κ2) is 29.7. The number of alkyl carbamates (subject to hydrolysis) is 1. The van der Waals surface area contributed by atoms with Crippen molar-refractivity contribution in [2.24, 2.45) is 35.5 Å². The van der Waals surface area contributed by atoms with Crippen LogP contribution in [0.5, 0.6) is 0 Å². The van der Waals surface area contributed by atoms with E-state index in [4.69, 9.17) is 28.4 Å². The maximum Gasteiger partial charge on any atom is 0.407 e. The lowest BCUT2D eigenvalue weighted by Gasteiger charge is -2.42. The highest BCUT2D eigenvalue weighted by Gasteiger charge is 2.53. The van der Waals surface area contributed by atoms with Crippen molar-refractivity contribution in [1.82, 2.24) is 15.2 Å². The number of allylic oxidation sites excluding steroid dienone is 6. The molecule has 4 heterocycles. The average molecular weight is 1060 g/mol. The molecular weight excluding hydrogens is 975 g/mol. The fraction of sp³-hybridized carbons (Fsp3) is 0.678. The number of aliphatic hydroxyl groups is 2. The fourth-order valence-corrected chi connectivity index (χ4v) is 11.3. The summed E-state index contributed by atoms with van der Waals surface area (Å²) in [6.07, 6.45) is 12.3. The Labute approximate surface area is 450 Å². The monoisotopic (exact) mass is 1060 g/mol. The van der Waals surface area contributed by atoms with Crippen LogP contribution in [0, 0.1) is 35.5 Å². The van der Waals surface area contributed by atoms with E-state index < -0.39 is 102 Å². The van der Waals surface area contributed by atoms with Crippen LogP contribution in [0.2, 0.25) is 0 Å². The Morgan fingerprint density at radius 3 is 2.36 bits per heavy atom. The van der Waals surface area contributed by atoms with Gasteiger partial charge in [-0.25, -0.2) is 9.59 Å². The number of fused-ring (bicyclic) bond motifs is 3. The normalized spacial score (nSPS) is 36.1. The number of hydrogen-bond donors (Lipinski definition) is 3. The number of amides is 2. The van der Waals surface area contributed by atoms with Gasteiger partial charge in [0.05, 0.1) is 18.3 Å². The van der Waals surface area contributed by atoms with Crippen molar-refractivity contribution < 1.29 is 67.4 Å². The van der Waals surface area contributed by atoms with Gasteiger partial charge in [-0.05, 0) is 119 Å². The van der Waals surface area contributed by atoms with Gasteiger partial charge < -0.3 is 48.9 Å². The second-order valence-corrected chi connectivity index (χ2v) is 22.0. The Bertz CT molecular complexity index is 2230. The van der Waals surface area contributed by atoms with Crippen LogP contribution in [0.4, 0.5) is 4.79 Å². The number of hydrogen-bond acceptors (Lipinski definition) is 15.